The molecule has 1 atom stereocenters. The Morgan fingerprint density at radius 2 is 2.20 bits per heavy atom. The van der Waals surface area contributed by atoms with Crippen LogP contribution in [0.25, 0.3) is 0 Å². The van der Waals surface area contributed by atoms with Crippen molar-refractivity contribution < 1.29 is 4.79 Å². The summed E-state index contributed by atoms with van der Waals surface area (Å²) in [6.07, 6.45) is 7.22. The van der Waals surface area contributed by atoms with Crippen LogP contribution in [-0.4, -0.2) is 18.5 Å². The summed E-state index contributed by atoms with van der Waals surface area (Å²) in [7, 11) is 0. The summed E-state index contributed by atoms with van der Waals surface area (Å²) < 4.78 is 0. The molecular weight excluding hydrogens is 188 g/mol. The fraction of sp³-hybridized carbons (Fsp3) is 0.750. The van der Waals surface area contributed by atoms with Gasteiger partial charge in [0.2, 0.25) is 5.91 Å². The van der Waals surface area contributed by atoms with Gasteiger partial charge in [-0.1, -0.05) is 25.8 Å². The second-order valence-corrected chi connectivity index (χ2v) is 4.87. The summed E-state index contributed by atoms with van der Waals surface area (Å²) in [5.74, 6) is -0.0528. The average molecular weight is 210 g/mol. The second-order valence-electron chi connectivity index (χ2n) is 4.87. The van der Waals surface area contributed by atoms with Gasteiger partial charge in [0.1, 0.15) is 0 Å². The highest BCUT2D eigenvalue weighted by Gasteiger charge is 2.29. The summed E-state index contributed by atoms with van der Waals surface area (Å²) in [5, 5.41) is 2.94. The van der Waals surface area contributed by atoms with Crippen molar-refractivity contribution in [1.29, 1.82) is 0 Å². The molecule has 1 unspecified atom stereocenters. The zero-order valence-corrected chi connectivity index (χ0v) is 9.59. The maximum Gasteiger partial charge on any atom is 0.237 e. The van der Waals surface area contributed by atoms with E-state index in [9.17, 15) is 4.79 Å². The van der Waals surface area contributed by atoms with Gasteiger partial charge in [-0.2, -0.15) is 0 Å². The van der Waals surface area contributed by atoms with Gasteiger partial charge in [-0.15, -0.1) is 6.58 Å². The summed E-state index contributed by atoms with van der Waals surface area (Å²) in [5.41, 5.74) is 5.97. The zero-order valence-electron chi connectivity index (χ0n) is 9.59. The zero-order chi connectivity index (χ0) is 11.3. The summed E-state index contributed by atoms with van der Waals surface area (Å²) >= 11 is 0. The van der Waals surface area contributed by atoms with E-state index >= 15 is 0 Å². The first-order valence-corrected chi connectivity index (χ1v) is 5.72. The third-order valence-electron chi connectivity index (χ3n) is 3.26. The molecule has 0 radical (unpaired) electrons. The Bertz CT molecular complexity index is 232. The lowest BCUT2D eigenvalue weighted by atomic mass is 9.89. The van der Waals surface area contributed by atoms with Gasteiger partial charge in [0.15, 0.2) is 0 Å². The van der Waals surface area contributed by atoms with Crippen molar-refractivity contribution in [2.75, 3.05) is 6.54 Å². The topological polar surface area (TPSA) is 55.1 Å². The van der Waals surface area contributed by atoms with E-state index in [0.29, 0.717) is 11.8 Å². The van der Waals surface area contributed by atoms with Crippen molar-refractivity contribution in [2.45, 2.75) is 45.1 Å². The first-order chi connectivity index (χ1) is 7.07. The molecule has 15 heavy (non-hydrogen) atoms. The molecule has 0 aliphatic heterocycles. The van der Waals surface area contributed by atoms with E-state index in [0.717, 1.165) is 6.54 Å². The number of hydrogen-bond acceptors (Lipinski definition) is 2. The van der Waals surface area contributed by atoms with E-state index in [-0.39, 0.29) is 5.91 Å². The van der Waals surface area contributed by atoms with Crippen LogP contribution in [0.1, 0.15) is 39.0 Å². The van der Waals surface area contributed by atoms with Gasteiger partial charge in [0.05, 0.1) is 6.04 Å². The van der Waals surface area contributed by atoms with E-state index in [1.165, 1.54) is 25.7 Å². The number of carbonyl (C=O) groups excluding carboxylic acids is 1. The van der Waals surface area contributed by atoms with Gasteiger partial charge in [0, 0.05) is 6.54 Å². The fourth-order valence-electron chi connectivity index (χ4n) is 2.12. The van der Waals surface area contributed by atoms with Crippen LogP contribution >= 0.6 is 0 Å². The number of rotatable bonds is 5. The second kappa shape index (κ2) is 5.31. The molecule has 3 nitrogen and oxygen atoms in total. The molecule has 1 amide bonds. The van der Waals surface area contributed by atoms with Gasteiger partial charge in [-0.25, -0.2) is 0 Å². The Kier molecular flexibility index (Phi) is 4.33. The van der Waals surface area contributed by atoms with E-state index in [1.807, 2.05) is 0 Å². The number of nitrogens with one attached hydrogen (secondary N) is 1. The predicted molar refractivity (Wildman–Crippen MR) is 62.4 cm³/mol. The van der Waals surface area contributed by atoms with Gasteiger partial charge in [-0.05, 0) is 24.7 Å². The molecule has 0 aromatic carbocycles. The van der Waals surface area contributed by atoms with Crippen LogP contribution in [0, 0.1) is 5.41 Å². The Morgan fingerprint density at radius 1 is 1.60 bits per heavy atom. The SMILES string of the molecule is C=CCC(N)C(=O)NCC1(C)CCCC1. The molecule has 0 aromatic heterocycles. The Morgan fingerprint density at radius 3 is 2.73 bits per heavy atom. The van der Waals surface area contributed by atoms with Crippen LogP contribution in [0.4, 0.5) is 0 Å². The molecule has 0 spiro atoms. The largest absolute Gasteiger partial charge is 0.354 e. The Hall–Kier alpha value is -0.830. The van der Waals surface area contributed by atoms with Gasteiger partial charge < -0.3 is 11.1 Å². The highest BCUT2D eigenvalue weighted by atomic mass is 16.2. The van der Waals surface area contributed by atoms with E-state index in [2.05, 4.69) is 18.8 Å². The normalized spacial score (nSPS) is 20.9. The third kappa shape index (κ3) is 3.67. The van der Waals surface area contributed by atoms with Crippen LogP contribution in [0.2, 0.25) is 0 Å². The minimum atomic E-state index is -0.437. The maximum atomic E-state index is 11.5. The maximum absolute atomic E-state index is 11.5. The van der Waals surface area contributed by atoms with E-state index < -0.39 is 6.04 Å². The molecule has 3 N–H and O–H groups in total. The average Bonchev–Trinajstić information content (AvgIpc) is 2.63. The predicted octanol–water partition coefficient (Wildman–Crippen LogP) is 1.59. The minimum Gasteiger partial charge on any atom is -0.354 e. The first-order valence-electron chi connectivity index (χ1n) is 5.72. The quantitative estimate of drug-likeness (QED) is 0.677. The molecule has 0 aromatic rings. The molecule has 0 saturated heterocycles. The lowest BCUT2D eigenvalue weighted by molar-refractivity contribution is -0.122. The molecule has 3 heteroatoms. The number of amides is 1. The monoisotopic (exact) mass is 210 g/mol. The Labute approximate surface area is 92.1 Å². The van der Waals surface area contributed by atoms with Gasteiger partial charge in [0.25, 0.3) is 0 Å². The van der Waals surface area contributed by atoms with Gasteiger partial charge >= 0.3 is 0 Å². The van der Waals surface area contributed by atoms with Crippen LogP contribution in [0.3, 0.4) is 0 Å². The van der Waals surface area contributed by atoms with Crippen LogP contribution in [0.15, 0.2) is 12.7 Å². The number of carbonyl (C=O) groups is 1. The van der Waals surface area contributed by atoms with Crippen molar-refractivity contribution in [3.8, 4) is 0 Å². The molecule has 1 saturated carbocycles. The smallest absolute Gasteiger partial charge is 0.237 e. The van der Waals surface area contributed by atoms with Gasteiger partial charge in [-0.3, -0.25) is 4.79 Å². The fourth-order valence-corrected chi connectivity index (χ4v) is 2.12. The molecule has 0 heterocycles. The molecular formula is C12H22N2O. The van der Waals surface area contributed by atoms with Crippen LogP contribution in [0.5, 0.6) is 0 Å². The number of hydrogen-bond donors (Lipinski definition) is 2. The van der Waals surface area contributed by atoms with Crippen molar-refractivity contribution in [2.24, 2.45) is 11.1 Å². The van der Waals surface area contributed by atoms with Crippen molar-refractivity contribution >= 4 is 5.91 Å². The summed E-state index contributed by atoms with van der Waals surface area (Å²) in [6.45, 7) is 6.57. The lowest BCUT2D eigenvalue weighted by Gasteiger charge is -2.24. The summed E-state index contributed by atoms with van der Waals surface area (Å²) in [4.78, 5) is 11.5. The summed E-state index contributed by atoms with van der Waals surface area (Å²) in [6, 6.07) is -0.437. The van der Waals surface area contributed by atoms with Crippen molar-refractivity contribution in [1.82, 2.24) is 5.32 Å². The van der Waals surface area contributed by atoms with E-state index in [4.69, 9.17) is 5.73 Å². The van der Waals surface area contributed by atoms with E-state index in [1.54, 1.807) is 6.08 Å². The molecule has 86 valence electrons. The van der Waals surface area contributed by atoms with Crippen LogP contribution in [-0.2, 0) is 4.79 Å². The minimum absolute atomic E-state index is 0.0528. The van der Waals surface area contributed by atoms with Crippen LogP contribution < -0.4 is 11.1 Å². The molecule has 1 aliphatic carbocycles. The molecule has 1 fully saturated rings. The third-order valence-corrected chi connectivity index (χ3v) is 3.26. The number of nitrogens with two attached hydrogens (primary N) is 1. The van der Waals surface area contributed by atoms with Crippen molar-refractivity contribution in [3.05, 3.63) is 12.7 Å². The molecule has 0 bridgehead atoms. The Balaban J connectivity index is 2.29. The molecule has 1 aliphatic rings. The molecule has 1 rings (SSSR count). The highest BCUT2D eigenvalue weighted by Crippen LogP contribution is 2.36. The highest BCUT2D eigenvalue weighted by molar-refractivity contribution is 5.81. The first kappa shape index (κ1) is 12.2. The standard InChI is InChI=1S/C12H22N2O/c1-3-6-10(13)11(15)14-9-12(2)7-4-5-8-12/h3,10H,1,4-9,13H2,2H3,(H,14,15). The van der Waals surface area contributed by atoms with Crippen molar-refractivity contribution in [3.63, 3.8) is 0 Å². The lowest BCUT2D eigenvalue weighted by Crippen LogP contribution is -2.43.